The van der Waals surface area contributed by atoms with Gasteiger partial charge in [-0.25, -0.2) is 0 Å². The number of carboxylic acid groups (broad SMARTS) is 1. The lowest BCUT2D eigenvalue weighted by molar-refractivity contribution is -0.141. The van der Waals surface area contributed by atoms with Gasteiger partial charge in [0.1, 0.15) is 5.75 Å². The molecular formula is C15H16F3NO4. The van der Waals surface area contributed by atoms with E-state index in [-0.39, 0.29) is 18.8 Å². The van der Waals surface area contributed by atoms with Gasteiger partial charge in [0.25, 0.3) is 5.91 Å². The molecule has 1 aliphatic carbocycles. The number of amides is 1. The average Bonchev–Trinajstić information content (AvgIpc) is 2.41. The molecule has 126 valence electrons. The molecule has 2 N–H and O–H groups in total. The molecule has 0 spiro atoms. The highest BCUT2D eigenvalue weighted by Crippen LogP contribution is 2.35. The molecule has 1 aromatic carbocycles. The fraction of sp³-hybridized carbons (Fsp3) is 0.467. The quantitative estimate of drug-likeness (QED) is 0.840. The van der Waals surface area contributed by atoms with Crippen molar-refractivity contribution in [1.29, 1.82) is 0 Å². The van der Waals surface area contributed by atoms with Crippen LogP contribution >= 0.6 is 0 Å². The van der Waals surface area contributed by atoms with E-state index in [0.29, 0.717) is 12.8 Å². The summed E-state index contributed by atoms with van der Waals surface area (Å²) < 4.78 is 42.4. The number of alkyl halides is 3. The number of benzene rings is 1. The van der Waals surface area contributed by atoms with Gasteiger partial charge in [-0.05, 0) is 43.5 Å². The first-order valence-corrected chi connectivity index (χ1v) is 7.03. The largest absolute Gasteiger partial charge is 0.484 e. The number of aliphatic carboxylic acids is 1. The Morgan fingerprint density at radius 1 is 1.22 bits per heavy atom. The van der Waals surface area contributed by atoms with Crippen LogP contribution in [0.15, 0.2) is 24.3 Å². The molecule has 8 heteroatoms. The molecule has 1 aromatic rings. The minimum Gasteiger partial charge on any atom is -0.484 e. The molecular weight excluding hydrogens is 315 g/mol. The molecule has 1 fully saturated rings. The van der Waals surface area contributed by atoms with Crippen molar-refractivity contribution in [3.63, 3.8) is 0 Å². The average molecular weight is 331 g/mol. The monoisotopic (exact) mass is 331 g/mol. The van der Waals surface area contributed by atoms with Gasteiger partial charge in [-0.2, -0.15) is 13.2 Å². The number of carboxylic acids is 1. The Balaban J connectivity index is 1.86. The van der Waals surface area contributed by atoms with Gasteiger partial charge in [-0.15, -0.1) is 0 Å². The van der Waals surface area contributed by atoms with Gasteiger partial charge in [0.05, 0.1) is 17.5 Å². The van der Waals surface area contributed by atoms with E-state index in [2.05, 4.69) is 5.32 Å². The number of rotatable bonds is 6. The van der Waals surface area contributed by atoms with Crippen LogP contribution in [0.3, 0.4) is 0 Å². The van der Waals surface area contributed by atoms with Crippen molar-refractivity contribution in [1.82, 2.24) is 5.32 Å². The summed E-state index contributed by atoms with van der Waals surface area (Å²) in [5, 5.41) is 11.5. The molecule has 0 heterocycles. The number of nitrogens with one attached hydrogen (secondary N) is 1. The van der Waals surface area contributed by atoms with Gasteiger partial charge in [0.15, 0.2) is 6.61 Å². The van der Waals surface area contributed by atoms with Crippen molar-refractivity contribution in [2.75, 3.05) is 6.61 Å². The molecule has 0 aromatic heterocycles. The molecule has 0 saturated heterocycles. The second kappa shape index (κ2) is 6.47. The predicted octanol–water partition coefficient (Wildman–Crippen LogP) is 2.60. The minimum atomic E-state index is -4.43. The van der Waals surface area contributed by atoms with E-state index in [4.69, 9.17) is 9.84 Å². The fourth-order valence-corrected chi connectivity index (χ4v) is 2.46. The summed E-state index contributed by atoms with van der Waals surface area (Å²) in [4.78, 5) is 22.6. The lowest BCUT2D eigenvalue weighted by atomic mass is 9.74. The predicted molar refractivity (Wildman–Crippen MR) is 73.9 cm³/mol. The Morgan fingerprint density at radius 2 is 1.83 bits per heavy atom. The zero-order valence-corrected chi connectivity index (χ0v) is 12.2. The maximum Gasteiger partial charge on any atom is 0.416 e. The third-order valence-corrected chi connectivity index (χ3v) is 3.76. The number of hydrogen-bond donors (Lipinski definition) is 2. The summed E-state index contributed by atoms with van der Waals surface area (Å²) in [5.41, 5.74) is -1.53. The standard InChI is InChI=1S/C15H16F3NO4/c16-15(17,18)10-2-4-11(5-3-10)23-9-12(20)19-14(6-1-7-14)8-13(21)22/h2-5H,1,6-9H2,(H,19,20)(H,21,22). The Labute approximate surface area is 130 Å². The number of halogens is 3. The molecule has 1 saturated carbocycles. The molecule has 0 bridgehead atoms. The molecule has 1 amide bonds. The molecule has 0 unspecified atom stereocenters. The summed E-state index contributed by atoms with van der Waals surface area (Å²) in [6.45, 7) is -0.382. The summed E-state index contributed by atoms with van der Waals surface area (Å²) in [7, 11) is 0. The molecule has 23 heavy (non-hydrogen) atoms. The van der Waals surface area contributed by atoms with Crippen LogP contribution in [0.5, 0.6) is 5.75 Å². The van der Waals surface area contributed by atoms with Crippen LogP contribution in [0.4, 0.5) is 13.2 Å². The van der Waals surface area contributed by atoms with Crippen LogP contribution in [0.25, 0.3) is 0 Å². The molecule has 1 aliphatic rings. The number of carbonyl (C=O) groups excluding carboxylic acids is 1. The summed E-state index contributed by atoms with van der Waals surface area (Å²) in [6, 6.07) is 4.00. The Bertz CT molecular complexity index is 579. The van der Waals surface area contributed by atoms with E-state index in [0.717, 1.165) is 30.7 Å². The fourth-order valence-electron chi connectivity index (χ4n) is 2.46. The highest BCUT2D eigenvalue weighted by molar-refractivity contribution is 5.80. The van der Waals surface area contributed by atoms with Gasteiger partial charge in [0, 0.05) is 0 Å². The van der Waals surface area contributed by atoms with Crippen LogP contribution < -0.4 is 10.1 Å². The van der Waals surface area contributed by atoms with E-state index in [9.17, 15) is 22.8 Å². The molecule has 0 radical (unpaired) electrons. The van der Waals surface area contributed by atoms with Crippen molar-refractivity contribution >= 4 is 11.9 Å². The highest BCUT2D eigenvalue weighted by atomic mass is 19.4. The van der Waals surface area contributed by atoms with Crippen LogP contribution in [0.1, 0.15) is 31.2 Å². The summed E-state index contributed by atoms with van der Waals surface area (Å²) in [5.74, 6) is -1.35. The van der Waals surface area contributed by atoms with Crippen molar-refractivity contribution in [3.05, 3.63) is 29.8 Å². The van der Waals surface area contributed by atoms with Gasteiger partial charge in [0.2, 0.25) is 0 Å². The van der Waals surface area contributed by atoms with Crippen LogP contribution in [0, 0.1) is 0 Å². The number of carbonyl (C=O) groups is 2. The summed E-state index contributed by atoms with van der Waals surface area (Å²) >= 11 is 0. The van der Waals surface area contributed by atoms with Crippen molar-refractivity contribution in [3.8, 4) is 5.75 Å². The van der Waals surface area contributed by atoms with Gasteiger partial charge in [-0.1, -0.05) is 0 Å². The topological polar surface area (TPSA) is 75.6 Å². The van der Waals surface area contributed by atoms with Crippen LogP contribution in [0.2, 0.25) is 0 Å². The van der Waals surface area contributed by atoms with Crippen LogP contribution in [-0.4, -0.2) is 29.1 Å². The van der Waals surface area contributed by atoms with Crippen molar-refractivity contribution < 1.29 is 32.6 Å². The second-order valence-electron chi connectivity index (χ2n) is 5.56. The SMILES string of the molecule is O=C(O)CC1(NC(=O)COc2ccc(C(F)(F)F)cc2)CCC1. The van der Waals surface area contributed by atoms with Gasteiger partial charge < -0.3 is 15.2 Å². The second-order valence-corrected chi connectivity index (χ2v) is 5.56. The van der Waals surface area contributed by atoms with Crippen molar-refractivity contribution in [2.45, 2.75) is 37.4 Å². The number of ether oxygens (including phenoxy) is 1. The Morgan fingerprint density at radius 3 is 2.26 bits per heavy atom. The van der Waals surface area contributed by atoms with Gasteiger partial charge in [-0.3, -0.25) is 9.59 Å². The zero-order valence-electron chi connectivity index (χ0n) is 12.2. The molecule has 0 atom stereocenters. The van der Waals surface area contributed by atoms with E-state index >= 15 is 0 Å². The van der Waals surface area contributed by atoms with E-state index in [1.807, 2.05) is 0 Å². The van der Waals surface area contributed by atoms with Crippen molar-refractivity contribution in [2.24, 2.45) is 0 Å². The third kappa shape index (κ3) is 4.61. The lowest BCUT2D eigenvalue weighted by Crippen LogP contribution is -2.55. The maximum atomic E-state index is 12.4. The minimum absolute atomic E-state index is 0.133. The Kier molecular flexibility index (Phi) is 4.82. The van der Waals surface area contributed by atoms with Gasteiger partial charge >= 0.3 is 12.1 Å². The van der Waals surface area contributed by atoms with Crippen LogP contribution in [-0.2, 0) is 15.8 Å². The van der Waals surface area contributed by atoms with E-state index in [1.165, 1.54) is 0 Å². The third-order valence-electron chi connectivity index (χ3n) is 3.76. The summed E-state index contributed by atoms with van der Waals surface area (Å²) in [6.07, 6.45) is -2.56. The Hall–Kier alpha value is -2.25. The first-order valence-electron chi connectivity index (χ1n) is 7.03. The highest BCUT2D eigenvalue weighted by Gasteiger charge is 2.40. The zero-order chi connectivity index (χ0) is 17.1. The molecule has 5 nitrogen and oxygen atoms in total. The lowest BCUT2D eigenvalue weighted by Gasteiger charge is -2.41. The molecule has 0 aliphatic heterocycles. The molecule has 2 rings (SSSR count). The number of hydrogen-bond acceptors (Lipinski definition) is 3. The smallest absolute Gasteiger partial charge is 0.416 e. The maximum absolute atomic E-state index is 12.4. The van der Waals surface area contributed by atoms with E-state index < -0.39 is 29.2 Å². The normalized spacial score (nSPS) is 16.3. The first-order chi connectivity index (χ1) is 10.7. The first kappa shape index (κ1) is 17.1. The van der Waals surface area contributed by atoms with E-state index in [1.54, 1.807) is 0 Å².